The molecule has 2 heterocycles. The highest BCUT2D eigenvalue weighted by molar-refractivity contribution is 9.10. The average molecular weight is 351 g/mol. The van der Waals surface area contributed by atoms with Crippen LogP contribution in [-0.4, -0.2) is 18.0 Å². The van der Waals surface area contributed by atoms with Crippen LogP contribution in [0.15, 0.2) is 34.1 Å². The highest BCUT2D eigenvalue weighted by Crippen LogP contribution is 2.33. The first-order chi connectivity index (χ1) is 9.69. The summed E-state index contributed by atoms with van der Waals surface area (Å²) in [5, 5.41) is 2.20. The van der Waals surface area contributed by atoms with Crippen molar-refractivity contribution in [3.05, 3.63) is 55.7 Å². The van der Waals surface area contributed by atoms with Crippen molar-refractivity contribution in [3.8, 4) is 0 Å². The van der Waals surface area contributed by atoms with Crippen molar-refractivity contribution in [2.24, 2.45) is 5.73 Å². The lowest BCUT2D eigenvalue weighted by Gasteiger charge is -2.34. The van der Waals surface area contributed by atoms with Crippen molar-refractivity contribution in [1.82, 2.24) is 4.90 Å². The van der Waals surface area contributed by atoms with Gasteiger partial charge in [-0.05, 0) is 47.5 Å². The number of halogens is 1. The monoisotopic (exact) mass is 350 g/mol. The summed E-state index contributed by atoms with van der Waals surface area (Å²) in [5.74, 6) is 0. The number of nitrogens with two attached hydrogens (primary N) is 1. The molecule has 1 aromatic carbocycles. The normalized spacial score (nSPS) is 16.9. The highest BCUT2D eigenvalue weighted by atomic mass is 79.9. The van der Waals surface area contributed by atoms with Gasteiger partial charge in [0, 0.05) is 35.0 Å². The number of benzene rings is 1. The molecule has 1 aromatic heterocycles. The zero-order valence-corrected chi connectivity index (χ0v) is 14.0. The molecule has 1 aliphatic rings. The predicted molar refractivity (Wildman–Crippen MR) is 89.1 cm³/mol. The van der Waals surface area contributed by atoms with E-state index in [2.05, 4.69) is 57.4 Å². The van der Waals surface area contributed by atoms with E-state index in [-0.39, 0.29) is 6.04 Å². The molecule has 1 atom stereocenters. The Bertz CT molecular complexity index is 608. The Morgan fingerprint density at radius 1 is 1.40 bits per heavy atom. The van der Waals surface area contributed by atoms with Crippen LogP contribution in [0.1, 0.15) is 27.6 Å². The number of hydrogen-bond acceptors (Lipinski definition) is 3. The molecular formula is C16H19BrN2S. The molecule has 20 heavy (non-hydrogen) atoms. The Labute approximate surface area is 132 Å². The second kappa shape index (κ2) is 5.98. The Balaban J connectivity index is 1.87. The standard InChI is InChI=1S/C16H19BrN2S/c1-11-2-3-13(14(17)8-11)15(9-18)19-6-4-16-12(10-19)5-7-20-16/h2-3,5,7-8,15H,4,6,9-10,18H2,1H3. The summed E-state index contributed by atoms with van der Waals surface area (Å²) in [4.78, 5) is 4.05. The van der Waals surface area contributed by atoms with E-state index in [9.17, 15) is 0 Å². The fraction of sp³-hybridized carbons (Fsp3) is 0.375. The van der Waals surface area contributed by atoms with E-state index in [0.29, 0.717) is 6.54 Å². The summed E-state index contributed by atoms with van der Waals surface area (Å²) >= 11 is 5.58. The minimum Gasteiger partial charge on any atom is -0.329 e. The summed E-state index contributed by atoms with van der Waals surface area (Å²) in [6.07, 6.45) is 1.15. The molecule has 0 amide bonds. The second-order valence-electron chi connectivity index (χ2n) is 5.37. The molecule has 2 nitrogen and oxygen atoms in total. The van der Waals surface area contributed by atoms with Crippen LogP contribution < -0.4 is 5.73 Å². The Hall–Kier alpha value is -0.680. The minimum absolute atomic E-state index is 0.290. The van der Waals surface area contributed by atoms with Crippen LogP contribution in [0, 0.1) is 6.92 Å². The van der Waals surface area contributed by atoms with Crippen LogP contribution in [0.25, 0.3) is 0 Å². The van der Waals surface area contributed by atoms with Gasteiger partial charge in [-0.1, -0.05) is 28.1 Å². The summed E-state index contributed by atoms with van der Waals surface area (Å²) < 4.78 is 1.17. The van der Waals surface area contributed by atoms with Crippen molar-refractivity contribution in [3.63, 3.8) is 0 Å². The van der Waals surface area contributed by atoms with Gasteiger partial charge in [0.25, 0.3) is 0 Å². The van der Waals surface area contributed by atoms with Crippen LogP contribution in [0.3, 0.4) is 0 Å². The third-order valence-corrected chi connectivity index (χ3v) is 5.73. The maximum atomic E-state index is 6.08. The van der Waals surface area contributed by atoms with Crippen molar-refractivity contribution in [2.75, 3.05) is 13.1 Å². The summed E-state index contributed by atoms with van der Waals surface area (Å²) in [6, 6.07) is 9.10. The molecule has 4 heteroatoms. The lowest BCUT2D eigenvalue weighted by molar-refractivity contribution is 0.184. The number of thiophene rings is 1. The fourth-order valence-corrected chi connectivity index (χ4v) is 4.56. The molecule has 2 aromatic rings. The number of nitrogens with zero attached hydrogens (tertiary/aromatic N) is 1. The first-order valence-corrected chi connectivity index (χ1v) is 8.61. The van der Waals surface area contributed by atoms with Crippen LogP contribution >= 0.6 is 27.3 Å². The van der Waals surface area contributed by atoms with Crippen LogP contribution in [-0.2, 0) is 13.0 Å². The molecule has 106 valence electrons. The van der Waals surface area contributed by atoms with Crippen LogP contribution in [0.2, 0.25) is 0 Å². The average Bonchev–Trinajstić information content (AvgIpc) is 2.89. The zero-order valence-electron chi connectivity index (χ0n) is 11.6. The van der Waals surface area contributed by atoms with E-state index in [1.807, 2.05) is 11.3 Å². The molecule has 1 unspecified atom stereocenters. The molecule has 0 saturated heterocycles. The summed E-state index contributed by atoms with van der Waals surface area (Å²) in [7, 11) is 0. The molecule has 2 N–H and O–H groups in total. The van der Waals surface area contributed by atoms with Gasteiger partial charge in [0.2, 0.25) is 0 Å². The van der Waals surface area contributed by atoms with Gasteiger partial charge in [0.1, 0.15) is 0 Å². The molecule has 0 saturated carbocycles. The molecule has 0 fully saturated rings. The molecular weight excluding hydrogens is 332 g/mol. The first kappa shape index (κ1) is 14.3. The van der Waals surface area contributed by atoms with Crippen molar-refractivity contribution >= 4 is 27.3 Å². The van der Waals surface area contributed by atoms with Crippen molar-refractivity contribution in [1.29, 1.82) is 0 Å². The Morgan fingerprint density at radius 3 is 3.00 bits per heavy atom. The number of fused-ring (bicyclic) bond motifs is 1. The Kier molecular flexibility index (Phi) is 4.26. The van der Waals surface area contributed by atoms with Crippen LogP contribution in [0.4, 0.5) is 0 Å². The van der Waals surface area contributed by atoms with Gasteiger partial charge < -0.3 is 5.73 Å². The van der Waals surface area contributed by atoms with Gasteiger partial charge in [0.05, 0.1) is 0 Å². The molecule has 0 bridgehead atoms. The molecule has 0 spiro atoms. The van der Waals surface area contributed by atoms with Gasteiger partial charge in [-0.2, -0.15) is 0 Å². The van der Waals surface area contributed by atoms with Gasteiger partial charge in [-0.15, -0.1) is 11.3 Å². The van der Waals surface area contributed by atoms with Gasteiger partial charge >= 0.3 is 0 Å². The topological polar surface area (TPSA) is 29.3 Å². The lowest BCUT2D eigenvalue weighted by atomic mass is 10.0. The summed E-state index contributed by atoms with van der Waals surface area (Å²) in [6.45, 7) is 4.88. The minimum atomic E-state index is 0.290. The fourth-order valence-electron chi connectivity index (χ4n) is 2.91. The van der Waals surface area contributed by atoms with Gasteiger partial charge in [-0.3, -0.25) is 4.90 Å². The maximum Gasteiger partial charge on any atom is 0.0485 e. The molecule has 3 rings (SSSR count). The van der Waals surface area contributed by atoms with E-state index >= 15 is 0 Å². The third-order valence-electron chi connectivity index (χ3n) is 4.02. The second-order valence-corrected chi connectivity index (χ2v) is 7.22. The molecule has 0 aliphatic carbocycles. The first-order valence-electron chi connectivity index (χ1n) is 6.94. The van der Waals surface area contributed by atoms with Gasteiger partial charge in [0.15, 0.2) is 0 Å². The number of aryl methyl sites for hydroxylation is 1. The molecule has 1 aliphatic heterocycles. The Morgan fingerprint density at radius 2 is 2.25 bits per heavy atom. The molecule has 0 radical (unpaired) electrons. The summed E-state index contributed by atoms with van der Waals surface area (Å²) in [5.41, 5.74) is 10.1. The van der Waals surface area contributed by atoms with Gasteiger partial charge in [-0.25, -0.2) is 0 Å². The quantitative estimate of drug-likeness (QED) is 0.909. The lowest BCUT2D eigenvalue weighted by Crippen LogP contribution is -2.37. The van der Waals surface area contributed by atoms with E-state index in [1.165, 1.54) is 21.2 Å². The van der Waals surface area contributed by atoms with Crippen molar-refractivity contribution in [2.45, 2.75) is 25.9 Å². The predicted octanol–water partition coefficient (Wildman–Crippen LogP) is 3.88. The van der Waals surface area contributed by atoms with E-state index in [0.717, 1.165) is 19.5 Å². The SMILES string of the molecule is Cc1ccc(C(CN)N2CCc3sccc3C2)c(Br)c1. The third kappa shape index (κ3) is 2.70. The maximum absolute atomic E-state index is 6.08. The van der Waals surface area contributed by atoms with E-state index in [4.69, 9.17) is 5.73 Å². The number of rotatable bonds is 3. The van der Waals surface area contributed by atoms with E-state index in [1.54, 1.807) is 4.88 Å². The van der Waals surface area contributed by atoms with E-state index < -0.39 is 0 Å². The van der Waals surface area contributed by atoms with Crippen molar-refractivity contribution < 1.29 is 0 Å². The zero-order chi connectivity index (χ0) is 14.1. The number of hydrogen-bond donors (Lipinski definition) is 1. The smallest absolute Gasteiger partial charge is 0.0485 e. The largest absolute Gasteiger partial charge is 0.329 e. The highest BCUT2D eigenvalue weighted by Gasteiger charge is 2.25. The van der Waals surface area contributed by atoms with Crippen LogP contribution in [0.5, 0.6) is 0 Å².